The predicted octanol–water partition coefficient (Wildman–Crippen LogP) is 3.96. The molecular formula is C11H16S. The molecule has 1 heteroatoms. The summed E-state index contributed by atoms with van der Waals surface area (Å²) in [5.41, 5.74) is 0. The van der Waals surface area contributed by atoms with Crippen LogP contribution in [0.4, 0.5) is 0 Å². The van der Waals surface area contributed by atoms with E-state index in [1.165, 1.54) is 29.0 Å². The van der Waals surface area contributed by atoms with Crippen LogP contribution in [0.3, 0.4) is 0 Å². The molecule has 1 aromatic rings. The maximum absolute atomic E-state index is 3.71. The van der Waals surface area contributed by atoms with E-state index in [1.807, 2.05) is 17.4 Å². The Bertz CT molecular complexity index is 235. The van der Waals surface area contributed by atoms with Gasteiger partial charge >= 0.3 is 0 Å². The fourth-order valence-corrected chi connectivity index (χ4v) is 2.14. The number of hydrogen-bond acceptors (Lipinski definition) is 1. The number of thiophene rings is 1. The first-order chi connectivity index (χ1) is 5.83. The largest absolute Gasteiger partial charge is 0.146 e. The number of allylic oxidation sites excluding steroid dienone is 1. The number of aryl methyl sites for hydroxylation is 2. The monoisotopic (exact) mass is 180 g/mol. The third kappa shape index (κ3) is 3.22. The highest BCUT2D eigenvalue weighted by Gasteiger charge is 1.95. The van der Waals surface area contributed by atoms with E-state index in [0.29, 0.717) is 0 Å². The van der Waals surface area contributed by atoms with Gasteiger partial charge in [-0.1, -0.05) is 6.08 Å². The first-order valence-corrected chi connectivity index (χ1v) is 5.31. The van der Waals surface area contributed by atoms with Crippen molar-refractivity contribution in [2.24, 2.45) is 0 Å². The zero-order chi connectivity index (χ0) is 8.81. The molecule has 0 aromatic carbocycles. The molecule has 1 aromatic heterocycles. The standard InChI is InChI=1S/C11H16S/c1-3-4-5-6-7-11-9-8-10(2)12-11/h3,8-9H,1,4-7H2,2H3. The van der Waals surface area contributed by atoms with Gasteiger partial charge in [-0.25, -0.2) is 0 Å². The molecule has 0 fully saturated rings. The number of unbranched alkanes of at least 4 members (excludes halogenated alkanes) is 2. The molecule has 0 saturated heterocycles. The lowest BCUT2D eigenvalue weighted by Crippen LogP contribution is -1.79. The van der Waals surface area contributed by atoms with Crippen LogP contribution in [0.15, 0.2) is 24.8 Å². The quantitative estimate of drug-likeness (QED) is 0.475. The van der Waals surface area contributed by atoms with Crippen LogP contribution in [0.1, 0.15) is 29.0 Å². The SMILES string of the molecule is C=CCCCCc1ccc(C)s1. The van der Waals surface area contributed by atoms with Crippen LogP contribution < -0.4 is 0 Å². The molecule has 0 unspecified atom stereocenters. The average molecular weight is 180 g/mol. The molecule has 0 saturated carbocycles. The Hall–Kier alpha value is -0.560. The Kier molecular flexibility index (Phi) is 4.09. The van der Waals surface area contributed by atoms with Gasteiger partial charge in [-0.05, 0) is 44.7 Å². The first-order valence-electron chi connectivity index (χ1n) is 4.49. The number of hydrogen-bond donors (Lipinski definition) is 0. The third-order valence-electron chi connectivity index (χ3n) is 1.88. The highest BCUT2D eigenvalue weighted by Crippen LogP contribution is 2.17. The molecule has 0 aliphatic rings. The molecule has 0 spiro atoms. The highest BCUT2D eigenvalue weighted by atomic mass is 32.1. The van der Waals surface area contributed by atoms with E-state index >= 15 is 0 Å². The lowest BCUT2D eigenvalue weighted by atomic mass is 10.2. The van der Waals surface area contributed by atoms with Crippen molar-refractivity contribution in [1.82, 2.24) is 0 Å². The molecule has 66 valence electrons. The fourth-order valence-electron chi connectivity index (χ4n) is 1.21. The van der Waals surface area contributed by atoms with Crippen LogP contribution in [0.5, 0.6) is 0 Å². The van der Waals surface area contributed by atoms with Gasteiger partial charge in [0.25, 0.3) is 0 Å². The topological polar surface area (TPSA) is 0 Å². The van der Waals surface area contributed by atoms with Gasteiger partial charge in [0.2, 0.25) is 0 Å². The van der Waals surface area contributed by atoms with Gasteiger partial charge in [-0.2, -0.15) is 0 Å². The average Bonchev–Trinajstić information content (AvgIpc) is 2.45. The van der Waals surface area contributed by atoms with E-state index < -0.39 is 0 Å². The minimum atomic E-state index is 1.16. The molecule has 1 heterocycles. The van der Waals surface area contributed by atoms with Crippen molar-refractivity contribution in [3.05, 3.63) is 34.5 Å². The Labute approximate surface area is 78.9 Å². The maximum atomic E-state index is 3.71. The normalized spacial score (nSPS) is 10.1. The van der Waals surface area contributed by atoms with Gasteiger partial charge in [0.1, 0.15) is 0 Å². The molecule has 0 atom stereocenters. The van der Waals surface area contributed by atoms with Gasteiger partial charge in [-0.3, -0.25) is 0 Å². The zero-order valence-corrected chi connectivity index (χ0v) is 8.49. The van der Waals surface area contributed by atoms with Crippen LogP contribution in [-0.4, -0.2) is 0 Å². The summed E-state index contributed by atoms with van der Waals surface area (Å²) < 4.78 is 0. The van der Waals surface area contributed by atoms with Crippen molar-refractivity contribution in [1.29, 1.82) is 0 Å². The lowest BCUT2D eigenvalue weighted by Gasteiger charge is -1.94. The smallest absolute Gasteiger partial charge is 0.00480 e. The maximum Gasteiger partial charge on any atom is 0.00480 e. The van der Waals surface area contributed by atoms with Gasteiger partial charge in [0.15, 0.2) is 0 Å². The zero-order valence-electron chi connectivity index (χ0n) is 7.68. The Balaban J connectivity index is 2.19. The summed E-state index contributed by atoms with van der Waals surface area (Å²) >= 11 is 1.92. The molecule has 12 heavy (non-hydrogen) atoms. The van der Waals surface area contributed by atoms with Crippen LogP contribution in [0.2, 0.25) is 0 Å². The van der Waals surface area contributed by atoms with Crippen molar-refractivity contribution in [3.8, 4) is 0 Å². The molecule has 1 rings (SSSR count). The summed E-state index contributed by atoms with van der Waals surface area (Å²) in [6, 6.07) is 4.45. The predicted molar refractivity (Wildman–Crippen MR) is 56.8 cm³/mol. The van der Waals surface area contributed by atoms with Crippen molar-refractivity contribution in [2.45, 2.75) is 32.6 Å². The summed E-state index contributed by atoms with van der Waals surface area (Å²) in [7, 11) is 0. The molecule has 0 nitrogen and oxygen atoms in total. The van der Waals surface area contributed by atoms with Crippen molar-refractivity contribution in [3.63, 3.8) is 0 Å². The second kappa shape index (κ2) is 5.15. The summed E-state index contributed by atoms with van der Waals surface area (Å²) in [6.45, 7) is 5.88. The first kappa shape index (κ1) is 9.53. The van der Waals surface area contributed by atoms with E-state index in [2.05, 4.69) is 25.6 Å². The minimum absolute atomic E-state index is 1.16. The minimum Gasteiger partial charge on any atom is -0.146 e. The van der Waals surface area contributed by atoms with E-state index in [1.54, 1.807) is 0 Å². The van der Waals surface area contributed by atoms with Crippen molar-refractivity contribution in [2.75, 3.05) is 0 Å². The van der Waals surface area contributed by atoms with Gasteiger partial charge in [0.05, 0.1) is 0 Å². The lowest BCUT2D eigenvalue weighted by molar-refractivity contribution is 0.755. The highest BCUT2D eigenvalue weighted by molar-refractivity contribution is 7.11. The molecule has 0 aliphatic carbocycles. The molecular weight excluding hydrogens is 164 g/mol. The second-order valence-corrected chi connectivity index (χ2v) is 4.42. The summed E-state index contributed by atoms with van der Waals surface area (Å²) in [5, 5.41) is 0. The molecule has 0 bridgehead atoms. The van der Waals surface area contributed by atoms with Gasteiger partial charge < -0.3 is 0 Å². The second-order valence-electron chi connectivity index (χ2n) is 3.05. The van der Waals surface area contributed by atoms with E-state index in [-0.39, 0.29) is 0 Å². The Morgan fingerprint density at radius 1 is 1.42 bits per heavy atom. The molecule has 0 aliphatic heterocycles. The summed E-state index contributed by atoms with van der Waals surface area (Å²) in [6.07, 6.45) is 6.97. The van der Waals surface area contributed by atoms with Gasteiger partial charge in [0, 0.05) is 9.75 Å². The number of rotatable bonds is 5. The molecule has 0 N–H and O–H groups in total. The van der Waals surface area contributed by atoms with E-state index in [0.717, 1.165) is 6.42 Å². The molecule has 0 radical (unpaired) electrons. The van der Waals surface area contributed by atoms with Crippen molar-refractivity contribution >= 4 is 11.3 Å². The van der Waals surface area contributed by atoms with Crippen LogP contribution in [-0.2, 0) is 6.42 Å². The Morgan fingerprint density at radius 2 is 2.25 bits per heavy atom. The molecule has 0 amide bonds. The fraction of sp³-hybridized carbons (Fsp3) is 0.455. The van der Waals surface area contributed by atoms with E-state index in [9.17, 15) is 0 Å². The third-order valence-corrected chi connectivity index (χ3v) is 2.94. The van der Waals surface area contributed by atoms with Crippen LogP contribution in [0, 0.1) is 6.92 Å². The van der Waals surface area contributed by atoms with E-state index in [4.69, 9.17) is 0 Å². The van der Waals surface area contributed by atoms with Gasteiger partial charge in [-0.15, -0.1) is 17.9 Å². The van der Waals surface area contributed by atoms with Crippen molar-refractivity contribution < 1.29 is 0 Å². The van der Waals surface area contributed by atoms with Crippen LogP contribution >= 0.6 is 11.3 Å². The summed E-state index contributed by atoms with van der Waals surface area (Å²) in [4.78, 5) is 2.95. The van der Waals surface area contributed by atoms with Crippen LogP contribution in [0.25, 0.3) is 0 Å². The Morgan fingerprint density at radius 3 is 2.83 bits per heavy atom. The summed E-state index contributed by atoms with van der Waals surface area (Å²) in [5.74, 6) is 0.